The van der Waals surface area contributed by atoms with Crippen LogP contribution < -0.4 is 4.90 Å². The predicted molar refractivity (Wildman–Crippen MR) is 117 cm³/mol. The number of rotatable bonds is 6. The van der Waals surface area contributed by atoms with Crippen LogP contribution in [0.3, 0.4) is 0 Å². The first-order valence-electron chi connectivity index (χ1n) is 10.5. The van der Waals surface area contributed by atoms with E-state index >= 15 is 0 Å². The smallest absolute Gasteiger partial charge is 0.256 e. The zero-order chi connectivity index (χ0) is 21.3. The van der Waals surface area contributed by atoms with Gasteiger partial charge in [-0.2, -0.15) is 5.10 Å². The fourth-order valence-corrected chi connectivity index (χ4v) is 4.04. The number of carbonyl (C=O) groups is 1. The molecule has 1 aromatic carbocycles. The van der Waals surface area contributed by atoms with E-state index in [1.54, 1.807) is 10.9 Å². The Kier molecular flexibility index (Phi) is 5.53. The summed E-state index contributed by atoms with van der Waals surface area (Å²) in [5.74, 6) is 0.792. The number of aryl methyl sites for hydroxylation is 3. The maximum absolute atomic E-state index is 13.5. The van der Waals surface area contributed by atoms with E-state index in [-0.39, 0.29) is 11.9 Å². The van der Waals surface area contributed by atoms with Crippen molar-refractivity contribution in [3.63, 3.8) is 0 Å². The summed E-state index contributed by atoms with van der Waals surface area (Å²) < 4.78 is 1.78. The van der Waals surface area contributed by atoms with Gasteiger partial charge in [-0.3, -0.25) is 4.79 Å². The van der Waals surface area contributed by atoms with E-state index in [0.29, 0.717) is 5.56 Å². The van der Waals surface area contributed by atoms with E-state index in [1.807, 2.05) is 62.2 Å². The van der Waals surface area contributed by atoms with E-state index in [2.05, 4.69) is 26.9 Å². The number of hydrogen-bond acceptors (Lipinski definition) is 5. The minimum atomic E-state index is 0.0536. The molecule has 1 fully saturated rings. The summed E-state index contributed by atoms with van der Waals surface area (Å²) in [7, 11) is 0. The molecule has 1 atom stereocenters. The Morgan fingerprint density at radius 3 is 2.53 bits per heavy atom. The monoisotopic (exact) mass is 404 g/mol. The number of nitrogens with zero attached hydrogens (tertiary/aromatic N) is 6. The normalized spacial score (nSPS) is 15.7. The number of hydrogen-bond donors (Lipinski definition) is 0. The summed E-state index contributed by atoms with van der Waals surface area (Å²) in [6.07, 6.45) is 4.59. The van der Waals surface area contributed by atoms with Crippen molar-refractivity contribution in [2.45, 2.75) is 40.2 Å². The quantitative estimate of drug-likeness (QED) is 0.630. The zero-order valence-electron chi connectivity index (χ0n) is 18.0. The van der Waals surface area contributed by atoms with Crippen LogP contribution in [0.15, 0.2) is 42.7 Å². The molecule has 2 aromatic heterocycles. The summed E-state index contributed by atoms with van der Waals surface area (Å²) in [4.78, 5) is 26.8. The van der Waals surface area contributed by atoms with Crippen molar-refractivity contribution in [3.8, 4) is 5.69 Å². The number of para-hydroxylation sites is 1. The maximum Gasteiger partial charge on any atom is 0.256 e. The highest BCUT2D eigenvalue weighted by molar-refractivity contribution is 5.99. The highest BCUT2D eigenvalue weighted by atomic mass is 16.2. The van der Waals surface area contributed by atoms with Gasteiger partial charge in [0.2, 0.25) is 5.95 Å². The number of likely N-dealkylation sites (tertiary alicyclic amines) is 1. The highest BCUT2D eigenvalue weighted by Crippen LogP contribution is 2.27. The van der Waals surface area contributed by atoms with Crippen LogP contribution in [0.2, 0.25) is 0 Å². The second-order valence-corrected chi connectivity index (χ2v) is 7.85. The molecule has 4 rings (SSSR count). The second-order valence-electron chi connectivity index (χ2n) is 7.85. The number of anilines is 1. The fourth-order valence-electron chi connectivity index (χ4n) is 4.04. The minimum Gasteiger partial charge on any atom is -0.339 e. The van der Waals surface area contributed by atoms with Crippen molar-refractivity contribution in [2.75, 3.05) is 24.5 Å². The van der Waals surface area contributed by atoms with E-state index < -0.39 is 0 Å². The summed E-state index contributed by atoms with van der Waals surface area (Å²) in [6.45, 7) is 10.4. The number of amides is 1. The second kappa shape index (κ2) is 8.26. The van der Waals surface area contributed by atoms with E-state index in [9.17, 15) is 4.79 Å². The first-order chi connectivity index (χ1) is 14.5. The lowest BCUT2D eigenvalue weighted by molar-refractivity contribution is 0.0477. The van der Waals surface area contributed by atoms with Crippen LogP contribution >= 0.6 is 0 Å². The van der Waals surface area contributed by atoms with Gasteiger partial charge in [-0.15, -0.1) is 0 Å². The number of benzene rings is 1. The Labute approximate surface area is 177 Å². The molecule has 3 heterocycles. The van der Waals surface area contributed by atoms with Gasteiger partial charge in [-0.05, 0) is 57.9 Å². The third-order valence-corrected chi connectivity index (χ3v) is 5.67. The van der Waals surface area contributed by atoms with Crippen LogP contribution in [-0.2, 0) is 0 Å². The van der Waals surface area contributed by atoms with E-state index in [0.717, 1.165) is 54.6 Å². The van der Waals surface area contributed by atoms with Crippen LogP contribution in [0.4, 0.5) is 5.95 Å². The van der Waals surface area contributed by atoms with Crippen molar-refractivity contribution in [1.82, 2.24) is 24.6 Å². The van der Waals surface area contributed by atoms with Crippen molar-refractivity contribution < 1.29 is 4.79 Å². The number of carbonyl (C=O) groups excluding carboxylic acids is 1. The van der Waals surface area contributed by atoms with E-state index in [4.69, 9.17) is 0 Å². The van der Waals surface area contributed by atoms with Gasteiger partial charge < -0.3 is 9.80 Å². The minimum absolute atomic E-state index is 0.0536. The molecular weight excluding hydrogens is 376 g/mol. The van der Waals surface area contributed by atoms with Crippen LogP contribution in [0.1, 0.15) is 40.7 Å². The van der Waals surface area contributed by atoms with Crippen LogP contribution in [0.5, 0.6) is 0 Å². The van der Waals surface area contributed by atoms with Crippen LogP contribution in [0.25, 0.3) is 5.69 Å². The van der Waals surface area contributed by atoms with E-state index in [1.165, 1.54) is 0 Å². The molecule has 3 aromatic rings. The molecule has 30 heavy (non-hydrogen) atoms. The molecule has 156 valence electrons. The number of likely N-dealkylation sites (N-methyl/N-ethyl adjacent to an activating group) is 1. The maximum atomic E-state index is 13.5. The zero-order valence-corrected chi connectivity index (χ0v) is 18.0. The average molecular weight is 405 g/mol. The van der Waals surface area contributed by atoms with Crippen molar-refractivity contribution in [3.05, 3.63) is 65.2 Å². The van der Waals surface area contributed by atoms with Crippen LogP contribution in [0, 0.1) is 20.8 Å². The van der Waals surface area contributed by atoms with Gasteiger partial charge in [0.25, 0.3) is 5.91 Å². The topological polar surface area (TPSA) is 67.2 Å². The van der Waals surface area contributed by atoms with Gasteiger partial charge in [0.15, 0.2) is 0 Å². The van der Waals surface area contributed by atoms with Gasteiger partial charge in [0.1, 0.15) is 0 Å². The van der Waals surface area contributed by atoms with Crippen molar-refractivity contribution in [1.29, 1.82) is 0 Å². The molecule has 1 aliphatic rings. The van der Waals surface area contributed by atoms with Gasteiger partial charge in [0.05, 0.1) is 17.3 Å². The molecule has 0 bridgehead atoms. The molecule has 1 amide bonds. The molecule has 0 spiro atoms. The summed E-state index contributed by atoms with van der Waals surface area (Å²) in [5, 5.41) is 4.35. The molecule has 0 N–H and O–H groups in total. The summed E-state index contributed by atoms with van der Waals surface area (Å²) in [6, 6.07) is 9.84. The lowest BCUT2D eigenvalue weighted by Crippen LogP contribution is -2.56. The first-order valence-corrected chi connectivity index (χ1v) is 10.5. The SMILES string of the molecule is CCN(CC1CCN1C(=O)c1cccc(C)c1-n1cccn1)c1nc(C)cc(C)n1. The largest absolute Gasteiger partial charge is 0.339 e. The molecule has 7 nitrogen and oxygen atoms in total. The third-order valence-electron chi connectivity index (χ3n) is 5.67. The Hall–Kier alpha value is -3.22. The lowest BCUT2D eigenvalue weighted by atomic mass is 9.98. The van der Waals surface area contributed by atoms with Crippen molar-refractivity contribution in [2.24, 2.45) is 0 Å². The molecule has 7 heteroatoms. The molecule has 1 saturated heterocycles. The van der Waals surface area contributed by atoms with Crippen molar-refractivity contribution >= 4 is 11.9 Å². The fraction of sp³-hybridized carbons (Fsp3) is 0.391. The molecule has 1 unspecified atom stereocenters. The molecule has 0 radical (unpaired) electrons. The predicted octanol–water partition coefficient (Wildman–Crippen LogP) is 3.33. The Morgan fingerprint density at radius 1 is 1.17 bits per heavy atom. The Morgan fingerprint density at radius 2 is 1.93 bits per heavy atom. The molecule has 1 aliphatic heterocycles. The summed E-state index contributed by atoms with van der Waals surface area (Å²) in [5.41, 5.74) is 4.49. The first kappa shape index (κ1) is 20.1. The third kappa shape index (κ3) is 3.79. The molecule has 0 aliphatic carbocycles. The van der Waals surface area contributed by atoms with Gasteiger partial charge >= 0.3 is 0 Å². The van der Waals surface area contributed by atoms with Gasteiger partial charge in [-0.1, -0.05) is 12.1 Å². The Bertz CT molecular complexity index is 1030. The molecular formula is C23H28N6O. The standard InChI is InChI=1S/C23H28N6O/c1-5-27(23-25-17(3)14-18(4)26-23)15-19-10-13-28(19)22(30)20-9-6-8-16(2)21(20)29-12-7-11-24-29/h6-9,11-12,14,19H,5,10,13,15H2,1-4H3. The Balaban J connectivity index is 1.56. The van der Waals surface area contributed by atoms with Crippen LogP contribution in [-0.4, -0.2) is 56.2 Å². The highest BCUT2D eigenvalue weighted by Gasteiger charge is 2.35. The van der Waals surface area contributed by atoms with Gasteiger partial charge in [0, 0.05) is 43.4 Å². The molecule has 0 saturated carbocycles. The average Bonchev–Trinajstić information content (AvgIpc) is 3.21. The lowest BCUT2D eigenvalue weighted by Gasteiger charge is -2.43. The summed E-state index contributed by atoms with van der Waals surface area (Å²) >= 11 is 0. The van der Waals surface area contributed by atoms with Gasteiger partial charge in [-0.25, -0.2) is 14.6 Å². The number of aromatic nitrogens is 4.